The number of rotatable bonds is 3. The van der Waals surface area contributed by atoms with E-state index < -0.39 is 29.2 Å². The van der Waals surface area contributed by atoms with Gasteiger partial charge in [0, 0.05) is 11.3 Å². The third-order valence-corrected chi connectivity index (χ3v) is 2.97. The van der Waals surface area contributed by atoms with Crippen molar-refractivity contribution >= 4 is 35.2 Å². The number of ether oxygens (including phenoxy) is 2. The van der Waals surface area contributed by atoms with Crippen LogP contribution < -0.4 is 11.1 Å². The number of amides is 2. The molecule has 0 radical (unpaired) electrons. The van der Waals surface area contributed by atoms with Gasteiger partial charge < -0.3 is 20.5 Å². The highest BCUT2D eigenvalue weighted by Crippen LogP contribution is 2.20. The van der Waals surface area contributed by atoms with Crippen molar-refractivity contribution in [2.45, 2.75) is 59.3 Å². The number of anilines is 1. The van der Waals surface area contributed by atoms with Gasteiger partial charge in [-0.3, -0.25) is 0 Å². The van der Waals surface area contributed by atoms with Crippen molar-refractivity contribution in [1.29, 1.82) is 0 Å². The van der Waals surface area contributed by atoms with Crippen LogP contribution in [-0.4, -0.2) is 33.4 Å². The zero-order chi connectivity index (χ0) is 21.0. The maximum Gasteiger partial charge on any atom is 0.420 e. The molecular formula is C18H26FN3O4S. The molecule has 0 aliphatic carbocycles. The SMILES string of the molecule is CC(C)(C)OC(=O)N(Cc1cc(NC(N)=S)ccc1F)C(=O)OC(C)(C)C. The van der Waals surface area contributed by atoms with Crippen molar-refractivity contribution in [1.82, 2.24) is 4.90 Å². The highest BCUT2D eigenvalue weighted by atomic mass is 32.1. The van der Waals surface area contributed by atoms with Gasteiger partial charge in [0.05, 0.1) is 6.54 Å². The van der Waals surface area contributed by atoms with Gasteiger partial charge in [0.2, 0.25) is 0 Å². The van der Waals surface area contributed by atoms with Gasteiger partial charge in [0.25, 0.3) is 0 Å². The van der Waals surface area contributed by atoms with Crippen LogP contribution in [0.3, 0.4) is 0 Å². The Morgan fingerprint density at radius 2 is 1.59 bits per heavy atom. The molecule has 0 unspecified atom stereocenters. The smallest absolute Gasteiger partial charge is 0.420 e. The van der Waals surface area contributed by atoms with Gasteiger partial charge in [-0.15, -0.1) is 0 Å². The summed E-state index contributed by atoms with van der Waals surface area (Å²) in [5.41, 5.74) is 4.22. The molecule has 0 saturated heterocycles. The van der Waals surface area contributed by atoms with Crippen molar-refractivity contribution in [2.24, 2.45) is 5.73 Å². The number of hydrogen-bond donors (Lipinski definition) is 2. The maximum atomic E-state index is 14.2. The summed E-state index contributed by atoms with van der Waals surface area (Å²) in [6.07, 6.45) is -1.88. The first-order valence-corrected chi connectivity index (χ1v) is 8.67. The van der Waals surface area contributed by atoms with Gasteiger partial charge in [-0.25, -0.2) is 18.9 Å². The first-order valence-electron chi connectivity index (χ1n) is 8.26. The zero-order valence-corrected chi connectivity index (χ0v) is 17.2. The number of imide groups is 1. The Labute approximate surface area is 164 Å². The molecule has 0 aromatic heterocycles. The van der Waals surface area contributed by atoms with Crippen LogP contribution in [0, 0.1) is 5.82 Å². The number of hydrogen-bond acceptors (Lipinski definition) is 5. The fraction of sp³-hybridized carbons (Fsp3) is 0.500. The highest BCUT2D eigenvalue weighted by Gasteiger charge is 2.32. The van der Waals surface area contributed by atoms with Gasteiger partial charge in [-0.1, -0.05) is 0 Å². The van der Waals surface area contributed by atoms with Crippen molar-refractivity contribution in [3.63, 3.8) is 0 Å². The minimum atomic E-state index is -0.941. The fourth-order valence-electron chi connectivity index (χ4n) is 1.92. The lowest BCUT2D eigenvalue weighted by Crippen LogP contribution is -2.43. The van der Waals surface area contributed by atoms with E-state index in [1.807, 2.05) is 0 Å². The molecule has 7 nitrogen and oxygen atoms in total. The Morgan fingerprint density at radius 1 is 1.11 bits per heavy atom. The standard InChI is InChI=1S/C18H26FN3O4S/c1-17(2,3)25-15(23)22(16(24)26-18(4,5)6)10-11-9-12(21-14(20)27)7-8-13(11)19/h7-9H,10H2,1-6H3,(H3,20,21,27). The average molecular weight is 399 g/mol. The molecule has 1 rings (SSSR count). The Balaban J connectivity index is 3.18. The maximum absolute atomic E-state index is 14.2. The predicted molar refractivity (Wildman–Crippen MR) is 105 cm³/mol. The van der Waals surface area contributed by atoms with Crippen LogP contribution in [0.25, 0.3) is 0 Å². The van der Waals surface area contributed by atoms with E-state index in [9.17, 15) is 14.0 Å². The third-order valence-electron chi connectivity index (χ3n) is 2.87. The Hall–Kier alpha value is -2.42. The van der Waals surface area contributed by atoms with E-state index in [4.69, 9.17) is 27.4 Å². The number of nitrogens with two attached hydrogens (primary N) is 1. The summed E-state index contributed by atoms with van der Waals surface area (Å²) in [6, 6.07) is 4.01. The first kappa shape index (κ1) is 22.6. The lowest BCUT2D eigenvalue weighted by atomic mass is 10.1. The fourth-order valence-corrected chi connectivity index (χ4v) is 2.04. The minimum absolute atomic E-state index is 0.00342. The molecular weight excluding hydrogens is 373 g/mol. The van der Waals surface area contributed by atoms with E-state index in [0.717, 1.165) is 0 Å². The van der Waals surface area contributed by atoms with E-state index in [-0.39, 0.29) is 17.2 Å². The van der Waals surface area contributed by atoms with Gasteiger partial charge in [0.1, 0.15) is 17.0 Å². The topological polar surface area (TPSA) is 93.9 Å². The summed E-state index contributed by atoms with van der Waals surface area (Å²) >= 11 is 4.76. The van der Waals surface area contributed by atoms with Gasteiger partial charge >= 0.3 is 12.2 Å². The largest absolute Gasteiger partial charge is 0.443 e. The molecule has 0 aliphatic heterocycles. The lowest BCUT2D eigenvalue weighted by Gasteiger charge is -2.28. The van der Waals surface area contributed by atoms with Gasteiger partial charge in [0.15, 0.2) is 5.11 Å². The molecule has 0 saturated carbocycles. The molecule has 150 valence electrons. The number of carbonyl (C=O) groups excluding carboxylic acids is 2. The van der Waals surface area contributed by atoms with E-state index in [2.05, 4.69) is 5.32 Å². The van der Waals surface area contributed by atoms with Gasteiger partial charge in [-0.2, -0.15) is 0 Å². The summed E-state index contributed by atoms with van der Waals surface area (Å²) in [5.74, 6) is -0.611. The van der Waals surface area contributed by atoms with Crippen LogP contribution in [0.4, 0.5) is 19.7 Å². The van der Waals surface area contributed by atoms with Crippen molar-refractivity contribution in [3.05, 3.63) is 29.6 Å². The van der Waals surface area contributed by atoms with Crippen molar-refractivity contribution < 1.29 is 23.5 Å². The van der Waals surface area contributed by atoms with E-state index in [0.29, 0.717) is 10.6 Å². The Morgan fingerprint density at radius 3 is 2.00 bits per heavy atom. The molecule has 3 N–H and O–H groups in total. The Bertz CT molecular complexity index is 698. The molecule has 2 amide bonds. The first-order chi connectivity index (χ1) is 12.2. The summed E-state index contributed by atoms with van der Waals surface area (Å²) in [6.45, 7) is 9.56. The molecule has 0 atom stereocenters. The Kier molecular flexibility index (Phi) is 7.13. The van der Waals surface area contributed by atoms with Crippen molar-refractivity contribution in [2.75, 3.05) is 5.32 Å². The average Bonchev–Trinajstić information content (AvgIpc) is 2.43. The number of nitrogens with zero attached hydrogens (tertiary/aromatic N) is 1. The van der Waals surface area contributed by atoms with Crippen LogP contribution in [0.5, 0.6) is 0 Å². The third kappa shape index (κ3) is 8.21. The predicted octanol–water partition coefficient (Wildman–Crippen LogP) is 4.15. The van der Waals surface area contributed by atoms with Crippen molar-refractivity contribution in [3.8, 4) is 0 Å². The molecule has 1 aromatic rings. The number of benzene rings is 1. The second-order valence-electron chi connectivity index (χ2n) is 7.84. The number of nitrogens with one attached hydrogen (secondary N) is 1. The van der Waals surface area contributed by atoms with E-state index >= 15 is 0 Å². The second-order valence-corrected chi connectivity index (χ2v) is 8.28. The summed E-state index contributed by atoms with van der Waals surface area (Å²) in [5, 5.41) is 2.68. The monoisotopic (exact) mass is 399 g/mol. The molecule has 0 spiro atoms. The highest BCUT2D eigenvalue weighted by molar-refractivity contribution is 7.80. The van der Waals surface area contributed by atoms with Crippen LogP contribution in [0.15, 0.2) is 18.2 Å². The number of halogens is 1. The second kappa shape index (κ2) is 8.51. The number of thiocarbonyl (C=S) groups is 1. The van der Waals surface area contributed by atoms with Crippen LogP contribution in [0.2, 0.25) is 0 Å². The summed E-state index contributed by atoms with van der Waals surface area (Å²) in [7, 11) is 0. The minimum Gasteiger partial charge on any atom is -0.443 e. The van der Waals surface area contributed by atoms with Crippen LogP contribution in [0.1, 0.15) is 47.1 Å². The van der Waals surface area contributed by atoms with Crippen LogP contribution in [-0.2, 0) is 16.0 Å². The lowest BCUT2D eigenvalue weighted by molar-refractivity contribution is -0.000387. The molecule has 0 aliphatic rings. The number of carbonyl (C=O) groups is 2. The van der Waals surface area contributed by atoms with Crippen LogP contribution >= 0.6 is 12.2 Å². The molecule has 1 aromatic carbocycles. The summed E-state index contributed by atoms with van der Waals surface area (Å²) in [4.78, 5) is 25.7. The van der Waals surface area contributed by atoms with E-state index in [1.54, 1.807) is 41.5 Å². The molecule has 0 heterocycles. The summed E-state index contributed by atoms with van der Waals surface area (Å²) < 4.78 is 24.7. The normalized spacial score (nSPS) is 11.5. The zero-order valence-electron chi connectivity index (χ0n) is 16.4. The van der Waals surface area contributed by atoms with Gasteiger partial charge in [-0.05, 0) is 72.0 Å². The molecule has 0 bridgehead atoms. The quantitative estimate of drug-likeness (QED) is 0.737. The molecule has 0 fully saturated rings. The van der Waals surface area contributed by atoms with E-state index in [1.165, 1.54) is 18.2 Å². The molecule has 9 heteroatoms. The molecule has 27 heavy (non-hydrogen) atoms.